The van der Waals surface area contributed by atoms with Crippen LogP contribution in [-0.2, 0) is 10.2 Å². The summed E-state index contributed by atoms with van der Waals surface area (Å²) in [5, 5.41) is 6.44. The Bertz CT molecular complexity index is 422. The zero-order valence-electron chi connectivity index (χ0n) is 12.3. The Kier molecular flexibility index (Phi) is 4.24. The largest absolute Gasteiger partial charge is 0.376 e. The Labute approximate surface area is 115 Å². The molecular weight excluding hydrogens is 240 g/mol. The van der Waals surface area contributed by atoms with E-state index >= 15 is 0 Å². The van der Waals surface area contributed by atoms with Gasteiger partial charge in [0.2, 0.25) is 0 Å². The minimum Gasteiger partial charge on any atom is -0.376 e. The number of rotatable bonds is 4. The summed E-state index contributed by atoms with van der Waals surface area (Å²) in [6.07, 6.45) is 2.60. The summed E-state index contributed by atoms with van der Waals surface area (Å²) < 4.78 is 5.61. The van der Waals surface area contributed by atoms with E-state index in [1.807, 2.05) is 13.1 Å². The topological polar surface area (TPSA) is 59.1 Å². The van der Waals surface area contributed by atoms with Gasteiger partial charge in [-0.05, 0) is 12.8 Å². The average molecular weight is 264 g/mol. The van der Waals surface area contributed by atoms with Gasteiger partial charge in [-0.25, -0.2) is 9.97 Å². The Balaban J connectivity index is 2.10. The minimum absolute atomic E-state index is 0.0624. The molecule has 0 bridgehead atoms. The third kappa shape index (κ3) is 3.80. The van der Waals surface area contributed by atoms with Crippen molar-refractivity contribution in [2.45, 2.75) is 45.1 Å². The lowest BCUT2D eigenvalue weighted by atomic mass is 9.96. The fraction of sp³-hybridized carbons (Fsp3) is 0.714. The van der Waals surface area contributed by atoms with Gasteiger partial charge in [-0.15, -0.1) is 0 Å². The number of hydrogen-bond acceptors (Lipinski definition) is 5. The van der Waals surface area contributed by atoms with E-state index in [0.717, 1.165) is 43.5 Å². The predicted octanol–water partition coefficient (Wildman–Crippen LogP) is 2.41. The van der Waals surface area contributed by atoms with Crippen LogP contribution in [0.1, 0.15) is 39.4 Å². The second kappa shape index (κ2) is 5.74. The van der Waals surface area contributed by atoms with E-state index in [2.05, 4.69) is 41.4 Å². The normalized spacial score (nSPS) is 19.5. The summed E-state index contributed by atoms with van der Waals surface area (Å²) in [5.74, 6) is 2.55. The summed E-state index contributed by atoms with van der Waals surface area (Å²) >= 11 is 0. The summed E-state index contributed by atoms with van der Waals surface area (Å²) in [5.41, 5.74) is -0.0624. The average Bonchev–Trinajstić information content (AvgIpc) is 2.88. The maximum atomic E-state index is 5.61. The molecule has 0 saturated carbocycles. The van der Waals surface area contributed by atoms with Gasteiger partial charge in [0.1, 0.15) is 17.5 Å². The molecule has 0 spiro atoms. The molecule has 106 valence electrons. The van der Waals surface area contributed by atoms with Gasteiger partial charge in [-0.1, -0.05) is 20.8 Å². The van der Waals surface area contributed by atoms with Crippen LogP contribution in [0, 0.1) is 0 Å². The van der Waals surface area contributed by atoms with Crippen LogP contribution in [-0.4, -0.2) is 36.3 Å². The first kappa shape index (κ1) is 14.1. The van der Waals surface area contributed by atoms with Crippen molar-refractivity contribution in [2.75, 3.05) is 30.8 Å². The van der Waals surface area contributed by atoms with E-state index in [1.165, 1.54) is 0 Å². The van der Waals surface area contributed by atoms with Gasteiger partial charge in [0.05, 0.1) is 6.10 Å². The molecule has 1 aliphatic heterocycles. The van der Waals surface area contributed by atoms with Crippen LogP contribution in [0.15, 0.2) is 6.07 Å². The van der Waals surface area contributed by atoms with Crippen LogP contribution < -0.4 is 10.6 Å². The molecule has 0 aromatic carbocycles. The van der Waals surface area contributed by atoms with E-state index in [9.17, 15) is 0 Å². The highest BCUT2D eigenvalue weighted by Crippen LogP contribution is 2.22. The lowest BCUT2D eigenvalue weighted by Gasteiger charge is -2.19. The van der Waals surface area contributed by atoms with E-state index in [4.69, 9.17) is 4.74 Å². The molecule has 1 atom stereocenters. The summed E-state index contributed by atoms with van der Waals surface area (Å²) in [4.78, 5) is 9.11. The quantitative estimate of drug-likeness (QED) is 0.874. The van der Waals surface area contributed by atoms with Crippen molar-refractivity contribution in [3.63, 3.8) is 0 Å². The molecule has 0 radical (unpaired) electrons. The van der Waals surface area contributed by atoms with E-state index in [1.54, 1.807) is 0 Å². The first-order chi connectivity index (χ1) is 8.99. The Hall–Kier alpha value is -1.36. The number of aromatic nitrogens is 2. The Morgan fingerprint density at radius 3 is 2.63 bits per heavy atom. The molecular formula is C14H24N4O. The van der Waals surface area contributed by atoms with Crippen LogP contribution in [0.4, 0.5) is 11.6 Å². The molecule has 1 aromatic heterocycles. The molecule has 1 fully saturated rings. The zero-order valence-corrected chi connectivity index (χ0v) is 12.3. The molecule has 1 aromatic rings. The van der Waals surface area contributed by atoms with Crippen molar-refractivity contribution in [1.29, 1.82) is 0 Å². The Morgan fingerprint density at radius 1 is 1.32 bits per heavy atom. The smallest absolute Gasteiger partial charge is 0.138 e. The number of hydrogen-bond donors (Lipinski definition) is 2. The van der Waals surface area contributed by atoms with Crippen LogP contribution in [0.5, 0.6) is 0 Å². The summed E-state index contributed by atoms with van der Waals surface area (Å²) in [6.45, 7) is 8.04. The lowest BCUT2D eigenvalue weighted by Crippen LogP contribution is -2.22. The molecule has 19 heavy (non-hydrogen) atoms. The molecule has 0 amide bonds. The van der Waals surface area contributed by atoms with Crippen molar-refractivity contribution >= 4 is 11.6 Å². The maximum absolute atomic E-state index is 5.61. The Morgan fingerprint density at radius 2 is 2.05 bits per heavy atom. The fourth-order valence-electron chi connectivity index (χ4n) is 2.03. The monoisotopic (exact) mass is 264 g/mol. The molecule has 5 heteroatoms. The molecule has 2 rings (SSSR count). The maximum Gasteiger partial charge on any atom is 0.138 e. The second-order valence-corrected chi connectivity index (χ2v) is 5.98. The molecule has 5 nitrogen and oxygen atoms in total. The summed E-state index contributed by atoms with van der Waals surface area (Å²) in [7, 11) is 1.87. The lowest BCUT2D eigenvalue weighted by molar-refractivity contribution is 0.120. The van der Waals surface area contributed by atoms with Crippen molar-refractivity contribution < 1.29 is 4.74 Å². The number of nitrogens with one attached hydrogen (secondary N) is 2. The van der Waals surface area contributed by atoms with Crippen LogP contribution in [0.25, 0.3) is 0 Å². The highest BCUT2D eigenvalue weighted by atomic mass is 16.5. The van der Waals surface area contributed by atoms with Gasteiger partial charge in [-0.3, -0.25) is 0 Å². The van der Waals surface area contributed by atoms with Gasteiger partial charge >= 0.3 is 0 Å². The van der Waals surface area contributed by atoms with Crippen molar-refractivity contribution in [2.24, 2.45) is 0 Å². The zero-order chi connectivity index (χ0) is 13.9. The molecule has 0 aliphatic carbocycles. The predicted molar refractivity (Wildman–Crippen MR) is 77.7 cm³/mol. The third-order valence-corrected chi connectivity index (χ3v) is 3.19. The van der Waals surface area contributed by atoms with Crippen LogP contribution in [0.2, 0.25) is 0 Å². The fourth-order valence-corrected chi connectivity index (χ4v) is 2.03. The van der Waals surface area contributed by atoms with Crippen LogP contribution in [0.3, 0.4) is 0 Å². The van der Waals surface area contributed by atoms with Gasteiger partial charge in [0.15, 0.2) is 0 Å². The van der Waals surface area contributed by atoms with Gasteiger partial charge in [-0.2, -0.15) is 0 Å². The molecule has 1 saturated heterocycles. The first-order valence-corrected chi connectivity index (χ1v) is 6.92. The van der Waals surface area contributed by atoms with Crippen LogP contribution >= 0.6 is 0 Å². The summed E-state index contributed by atoms with van der Waals surface area (Å²) in [6, 6.07) is 1.93. The minimum atomic E-state index is -0.0624. The van der Waals surface area contributed by atoms with Gasteiger partial charge in [0.25, 0.3) is 0 Å². The molecule has 1 unspecified atom stereocenters. The highest BCUT2D eigenvalue weighted by molar-refractivity contribution is 5.47. The van der Waals surface area contributed by atoms with E-state index in [-0.39, 0.29) is 5.41 Å². The first-order valence-electron chi connectivity index (χ1n) is 6.92. The molecule has 2 N–H and O–H groups in total. The van der Waals surface area contributed by atoms with Gasteiger partial charge in [0, 0.05) is 31.7 Å². The number of nitrogens with zero attached hydrogens (tertiary/aromatic N) is 2. The second-order valence-electron chi connectivity index (χ2n) is 5.98. The SMILES string of the molecule is CNc1cc(NCC2CCCO2)nc(C(C)(C)C)n1. The van der Waals surface area contributed by atoms with Gasteiger partial charge < -0.3 is 15.4 Å². The number of ether oxygens (including phenoxy) is 1. The van der Waals surface area contributed by atoms with Crippen molar-refractivity contribution in [3.05, 3.63) is 11.9 Å². The third-order valence-electron chi connectivity index (χ3n) is 3.19. The molecule has 1 aliphatic rings. The van der Waals surface area contributed by atoms with E-state index < -0.39 is 0 Å². The number of anilines is 2. The van der Waals surface area contributed by atoms with Crippen molar-refractivity contribution in [3.8, 4) is 0 Å². The van der Waals surface area contributed by atoms with E-state index in [0.29, 0.717) is 6.10 Å². The molecule has 2 heterocycles. The van der Waals surface area contributed by atoms with Crippen molar-refractivity contribution in [1.82, 2.24) is 9.97 Å². The standard InChI is InChI=1S/C14H24N4O/c1-14(2,3)13-17-11(15-4)8-12(18-13)16-9-10-6-5-7-19-10/h8,10H,5-7,9H2,1-4H3,(H2,15,16,17,18). The highest BCUT2D eigenvalue weighted by Gasteiger charge is 2.20.